The summed E-state index contributed by atoms with van der Waals surface area (Å²) in [7, 11) is 0. The highest BCUT2D eigenvalue weighted by Gasteiger charge is 2.25. The Bertz CT molecular complexity index is 836. The number of alkyl carbamates (subject to hydrolysis) is 1. The number of amides is 1. The summed E-state index contributed by atoms with van der Waals surface area (Å²) < 4.78 is 12.6. The Kier molecular flexibility index (Phi) is 7.78. The summed E-state index contributed by atoms with van der Waals surface area (Å²) in [6.07, 6.45) is 1.65. The summed E-state index contributed by atoms with van der Waals surface area (Å²) in [5.74, 6) is 0.885. The predicted octanol–water partition coefficient (Wildman–Crippen LogP) is 5.52. The first-order valence-electron chi connectivity index (χ1n) is 10.5. The molecule has 1 saturated heterocycles. The summed E-state index contributed by atoms with van der Waals surface area (Å²) in [5, 5.41) is 3.02. The van der Waals surface area contributed by atoms with Crippen molar-refractivity contribution in [1.29, 1.82) is 0 Å². The predicted molar refractivity (Wildman–Crippen MR) is 123 cm³/mol. The van der Waals surface area contributed by atoms with E-state index >= 15 is 0 Å². The smallest absolute Gasteiger partial charge is 0.407 e. The van der Waals surface area contributed by atoms with Crippen molar-refractivity contribution in [3.63, 3.8) is 0 Å². The van der Waals surface area contributed by atoms with Crippen LogP contribution in [0.25, 0.3) is 0 Å². The molecule has 5 nitrogen and oxygen atoms in total. The monoisotopic (exact) mass is 474 g/mol. The first-order chi connectivity index (χ1) is 14.3. The number of rotatable bonds is 6. The van der Waals surface area contributed by atoms with Crippen LogP contribution in [-0.4, -0.2) is 35.7 Å². The molecule has 1 heterocycles. The largest absolute Gasteiger partial charge is 0.489 e. The van der Waals surface area contributed by atoms with Gasteiger partial charge in [0.05, 0.1) is 0 Å². The average molecular weight is 475 g/mol. The summed E-state index contributed by atoms with van der Waals surface area (Å²) >= 11 is 3.69. The molecule has 0 aliphatic carbocycles. The van der Waals surface area contributed by atoms with Gasteiger partial charge in [-0.05, 0) is 57.9 Å². The Balaban J connectivity index is 1.61. The van der Waals surface area contributed by atoms with Gasteiger partial charge in [0.25, 0.3) is 0 Å². The molecule has 0 radical (unpaired) electrons. The second kappa shape index (κ2) is 10.3. The number of ether oxygens (including phenoxy) is 2. The molecule has 2 aromatic rings. The van der Waals surface area contributed by atoms with Gasteiger partial charge >= 0.3 is 6.09 Å². The van der Waals surface area contributed by atoms with Gasteiger partial charge in [-0.15, -0.1) is 0 Å². The van der Waals surface area contributed by atoms with Gasteiger partial charge in [-0.3, -0.25) is 4.90 Å². The Morgan fingerprint density at radius 1 is 1.17 bits per heavy atom. The van der Waals surface area contributed by atoms with Crippen LogP contribution in [0, 0.1) is 0 Å². The number of hydrogen-bond donors (Lipinski definition) is 1. The molecule has 30 heavy (non-hydrogen) atoms. The number of likely N-dealkylation sites (tertiary alicyclic amines) is 1. The molecular formula is C24H31BrN2O3. The minimum absolute atomic E-state index is 0.0878. The van der Waals surface area contributed by atoms with Crippen LogP contribution in [0.4, 0.5) is 4.79 Å². The van der Waals surface area contributed by atoms with Gasteiger partial charge in [-0.2, -0.15) is 0 Å². The van der Waals surface area contributed by atoms with Crippen molar-refractivity contribution in [3.05, 3.63) is 64.1 Å². The van der Waals surface area contributed by atoms with Gasteiger partial charge in [0.15, 0.2) is 0 Å². The van der Waals surface area contributed by atoms with Crippen molar-refractivity contribution in [2.24, 2.45) is 0 Å². The minimum Gasteiger partial charge on any atom is -0.489 e. The molecule has 1 aliphatic heterocycles. The van der Waals surface area contributed by atoms with Crippen LogP contribution in [-0.2, 0) is 17.9 Å². The molecule has 2 aromatic carbocycles. The fourth-order valence-electron chi connectivity index (χ4n) is 3.58. The third kappa shape index (κ3) is 7.03. The van der Waals surface area contributed by atoms with Gasteiger partial charge in [0.1, 0.15) is 18.0 Å². The van der Waals surface area contributed by atoms with E-state index < -0.39 is 5.60 Å². The topological polar surface area (TPSA) is 50.8 Å². The zero-order valence-corrected chi connectivity index (χ0v) is 19.6. The molecule has 1 atom stereocenters. The van der Waals surface area contributed by atoms with Crippen molar-refractivity contribution in [3.8, 4) is 5.75 Å². The Morgan fingerprint density at radius 3 is 2.67 bits per heavy atom. The molecule has 1 aliphatic rings. The van der Waals surface area contributed by atoms with Crippen LogP contribution in [0.1, 0.15) is 44.7 Å². The normalized spacial score (nSPS) is 17.4. The molecule has 6 heteroatoms. The number of carbonyl (C=O) groups excluding carboxylic acids is 1. The highest BCUT2D eigenvalue weighted by molar-refractivity contribution is 9.10. The van der Waals surface area contributed by atoms with E-state index in [4.69, 9.17) is 9.47 Å². The third-order valence-electron chi connectivity index (χ3n) is 4.92. The molecule has 1 amide bonds. The van der Waals surface area contributed by atoms with Crippen LogP contribution in [0.5, 0.6) is 5.75 Å². The minimum atomic E-state index is -0.488. The van der Waals surface area contributed by atoms with Crippen molar-refractivity contribution in [1.82, 2.24) is 10.2 Å². The summed E-state index contributed by atoms with van der Waals surface area (Å²) in [6.45, 7) is 8.72. The van der Waals surface area contributed by atoms with Gasteiger partial charge < -0.3 is 14.8 Å². The highest BCUT2D eigenvalue weighted by atomic mass is 79.9. The number of nitrogens with one attached hydrogen (secondary N) is 1. The molecule has 1 N–H and O–H groups in total. The first kappa shape index (κ1) is 22.6. The summed E-state index contributed by atoms with van der Waals surface area (Å²) in [6, 6.07) is 16.3. The molecule has 3 rings (SSSR count). The van der Waals surface area contributed by atoms with Crippen LogP contribution in [0.15, 0.2) is 53.0 Å². The third-order valence-corrected chi connectivity index (χ3v) is 5.66. The standard InChI is InChI=1S/C24H31BrN2O3/c1-24(2,3)30-23(28)26-19-11-8-14-27(15-19)16-20-21(25)12-7-13-22(20)29-17-18-9-5-4-6-10-18/h4-7,9-10,12-13,19H,8,11,14-17H2,1-3H3,(H,26,28). The first-order valence-corrected chi connectivity index (χ1v) is 11.3. The number of hydrogen-bond acceptors (Lipinski definition) is 4. The fraction of sp³-hybridized carbons (Fsp3) is 0.458. The summed E-state index contributed by atoms with van der Waals surface area (Å²) in [5.41, 5.74) is 1.78. The Morgan fingerprint density at radius 2 is 1.93 bits per heavy atom. The van der Waals surface area contributed by atoms with Gasteiger partial charge in [-0.1, -0.05) is 52.3 Å². The van der Waals surface area contributed by atoms with E-state index in [1.54, 1.807) is 0 Å². The van der Waals surface area contributed by atoms with E-state index in [0.717, 1.165) is 53.8 Å². The van der Waals surface area contributed by atoms with E-state index in [0.29, 0.717) is 6.61 Å². The van der Waals surface area contributed by atoms with Crippen LogP contribution >= 0.6 is 15.9 Å². The maximum absolute atomic E-state index is 12.1. The zero-order chi connectivity index (χ0) is 21.6. The number of piperidine rings is 1. The quantitative estimate of drug-likeness (QED) is 0.598. The van der Waals surface area contributed by atoms with E-state index in [-0.39, 0.29) is 12.1 Å². The maximum Gasteiger partial charge on any atom is 0.407 e. The number of nitrogens with zero attached hydrogens (tertiary/aromatic N) is 1. The van der Waals surface area contributed by atoms with Crippen molar-refractivity contribution in [2.75, 3.05) is 13.1 Å². The Labute approximate surface area is 187 Å². The van der Waals surface area contributed by atoms with E-state index in [1.807, 2.05) is 57.2 Å². The Hall–Kier alpha value is -2.05. The van der Waals surface area contributed by atoms with Gasteiger partial charge in [-0.25, -0.2) is 4.79 Å². The highest BCUT2D eigenvalue weighted by Crippen LogP contribution is 2.30. The molecule has 1 unspecified atom stereocenters. The molecule has 0 saturated carbocycles. The van der Waals surface area contributed by atoms with E-state index in [9.17, 15) is 4.79 Å². The second-order valence-electron chi connectivity index (χ2n) is 8.71. The lowest BCUT2D eigenvalue weighted by Gasteiger charge is -2.34. The lowest BCUT2D eigenvalue weighted by atomic mass is 10.0. The van der Waals surface area contributed by atoms with Crippen LogP contribution < -0.4 is 10.1 Å². The van der Waals surface area contributed by atoms with Crippen molar-refractivity contribution >= 4 is 22.0 Å². The number of benzene rings is 2. The second-order valence-corrected chi connectivity index (χ2v) is 9.57. The molecule has 0 aromatic heterocycles. The molecule has 0 bridgehead atoms. The average Bonchev–Trinajstić information content (AvgIpc) is 2.68. The lowest BCUT2D eigenvalue weighted by molar-refractivity contribution is 0.0470. The maximum atomic E-state index is 12.1. The fourth-order valence-corrected chi connectivity index (χ4v) is 4.05. The SMILES string of the molecule is CC(C)(C)OC(=O)NC1CCCN(Cc2c(Br)cccc2OCc2ccccc2)C1. The number of carbonyl (C=O) groups is 1. The number of halogens is 1. The van der Waals surface area contributed by atoms with E-state index in [1.165, 1.54) is 0 Å². The van der Waals surface area contributed by atoms with Crippen LogP contribution in [0.3, 0.4) is 0 Å². The molecule has 0 spiro atoms. The zero-order valence-electron chi connectivity index (χ0n) is 18.0. The lowest BCUT2D eigenvalue weighted by Crippen LogP contribution is -2.48. The van der Waals surface area contributed by atoms with E-state index in [2.05, 4.69) is 38.3 Å². The summed E-state index contributed by atoms with van der Waals surface area (Å²) in [4.78, 5) is 14.5. The molecular weight excluding hydrogens is 444 g/mol. The molecule has 162 valence electrons. The van der Waals surface area contributed by atoms with Crippen molar-refractivity contribution < 1.29 is 14.3 Å². The van der Waals surface area contributed by atoms with Gasteiger partial charge in [0, 0.05) is 29.2 Å². The van der Waals surface area contributed by atoms with Gasteiger partial charge in [0.2, 0.25) is 0 Å². The molecule has 1 fully saturated rings. The van der Waals surface area contributed by atoms with Crippen LogP contribution in [0.2, 0.25) is 0 Å². The van der Waals surface area contributed by atoms with Crippen molar-refractivity contribution in [2.45, 2.75) is 58.4 Å².